The highest BCUT2D eigenvalue weighted by Gasteiger charge is 2.29. The number of hydrogen-bond acceptors (Lipinski definition) is 5. The fraction of sp³-hybridized carbons (Fsp3) is 0.769. The molecular weight excluding hydrogens is 290 g/mol. The van der Waals surface area contributed by atoms with Gasteiger partial charge in [0.05, 0.1) is 0 Å². The number of aromatic amines is 1. The van der Waals surface area contributed by atoms with E-state index >= 15 is 0 Å². The molecule has 120 valence electrons. The summed E-state index contributed by atoms with van der Waals surface area (Å²) in [5.41, 5.74) is 1.56. The fourth-order valence-electron chi connectivity index (χ4n) is 1.99. The summed E-state index contributed by atoms with van der Waals surface area (Å²) in [4.78, 5) is 1.96. The molecule has 8 heteroatoms. The van der Waals surface area contributed by atoms with Crippen LogP contribution in [0.4, 0.5) is 0 Å². The second-order valence-corrected chi connectivity index (χ2v) is 7.88. The van der Waals surface area contributed by atoms with E-state index in [1.54, 1.807) is 7.05 Å². The quantitative estimate of drug-likeness (QED) is 0.714. The molecule has 2 N–H and O–H groups in total. The molecule has 0 saturated heterocycles. The van der Waals surface area contributed by atoms with Crippen molar-refractivity contribution in [1.82, 2.24) is 24.7 Å². The first kappa shape index (κ1) is 16.4. The maximum Gasteiger partial charge on any atom is 0.262 e. The molecule has 7 nitrogen and oxygen atoms in total. The molecule has 0 unspecified atom stereocenters. The van der Waals surface area contributed by atoms with Crippen LogP contribution < -0.4 is 5.32 Å². The van der Waals surface area contributed by atoms with Crippen molar-refractivity contribution < 1.29 is 8.42 Å². The van der Waals surface area contributed by atoms with Crippen LogP contribution in [0, 0.1) is 6.92 Å². The van der Waals surface area contributed by atoms with Gasteiger partial charge in [0.1, 0.15) is 0 Å². The maximum atomic E-state index is 12.6. The van der Waals surface area contributed by atoms with Gasteiger partial charge in [-0.3, -0.25) is 5.10 Å². The van der Waals surface area contributed by atoms with Crippen molar-refractivity contribution in [3.05, 3.63) is 11.3 Å². The van der Waals surface area contributed by atoms with Gasteiger partial charge >= 0.3 is 0 Å². The number of nitrogens with one attached hydrogen (secondary N) is 2. The molecule has 0 aromatic carbocycles. The Morgan fingerprint density at radius 3 is 2.52 bits per heavy atom. The van der Waals surface area contributed by atoms with Crippen LogP contribution in [0.3, 0.4) is 0 Å². The minimum Gasteiger partial charge on any atom is -0.310 e. The molecule has 2 rings (SSSR count). The minimum absolute atomic E-state index is 0.148. The van der Waals surface area contributed by atoms with E-state index in [1.807, 2.05) is 25.9 Å². The number of rotatable bonds is 8. The van der Waals surface area contributed by atoms with Gasteiger partial charge in [0.25, 0.3) is 10.0 Å². The number of likely N-dealkylation sites (N-methyl/N-ethyl adjacent to an activating group) is 2. The molecule has 1 aromatic rings. The van der Waals surface area contributed by atoms with Crippen molar-refractivity contribution in [1.29, 1.82) is 0 Å². The zero-order valence-electron chi connectivity index (χ0n) is 13.2. The molecule has 0 bridgehead atoms. The minimum atomic E-state index is -3.55. The molecule has 0 spiro atoms. The molecule has 0 atom stereocenters. The van der Waals surface area contributed by atoms with Crippen LogP contribution in [0.2, 0.25) is 0 Å². The summed E-state index contributed by atoms with van der Waals surface area (Å²) in [6.45, 7) is 3.52. The Hall–Kier alpha value is -0.960. The molecule has 1 saturated carbocycles. The highest BCUT2D eigenvalue weighted by Crippen LogP contribution is 2.23. The van der Waals surface area contributed by atoms with Crippen molar-refractivity contribution in [2.24, 2.45) is 0 Å². The molecule has 0 amide bonds. The first-order chi connectivity index (χ1) is 9.82. The van der Waals surface area contributed by atoms with Gasteiger partial charge in [-0.25, -0.2) is 8.42 Å². The highest BCUT2D eigenvalue weighted by molar-refractivity contribution is 7.89. The van der Waals surface area contributed by atoms with Gasteiger partial charge in [-0.2, -0.15) is 9.40 Å². The summed E-state index contributed by atoms with van der Waals surface area (Å²) in [6.07, 6.45) is 2.34. The first-order valence-corrected chi connectivity index (χ1v) is 8.64. The predicted octanol–water partition coefficient (Wildman–Crippen LogP) is 0.152. The number of H-pyrrole nitrogens is 1. The fourth-order valence-corrected chi connectivity index (χ4v) is 3.31. The van der Waals surface area contributed by atoms with Gasteiger partial charge < -0.3 is 10.2 Å². The lowest BCUT2D eigenvalue weighted by molar-refractivity contribution is 0.357. The van der Waals surface area contributed by atoms with E-state index < -0.39 is 10.0 Å². The number of hydrogen-bond donors (Lipinski definition) is 2. The third-order valence-corrected chi connectivity index (χ3v) is 5.53. The summed E-state index contributed by atoms with van der Waals surface area (Å²) in [5, 5.41) is 10.3. The Morgan fingerprint density at radius 1 is 1.29 bits per heavy atom. The van der Waals surface area contributed by atoms with Crippen LogP contribution >= 0.6 is 0 Å². The van der Waals surface area contributed by atoms with E-state index in [0.29, 0.717) is 25.7 Å². The first-order valence-electron chi connectivity index (χ1n) is 7.20. The third kappa shape index (κ3) is 4.03. The highest BCUT2D eigenvalue weighted by atomic mass is 32.2. The average Bonchev–Trinajstić information content (AvgIpc) is 3.16. The second-order valence-electron chi connectivity index (χ2n) is 5.92. The summed E-state index contributed by atoms with van der Waals surface area (Å²) >= 11 is 0. The van der Waals surface area contributed by atoms with Crippen LogP contribution in [-0.4, -0.2) is 68.1 Å². The lowest BCUT2D eigenvalue weighted by atomic mass is 10.2. The summed E-state index contributed by atoms with van der Waals surface area (Å²) in [7, 11) is 1.89. The number of nitrogens with zero attached hydrogens (tertiary/aromatic N) is 3. The summed E-state index contributed by atoms with van der Waals surface area (Å²) in [5.74, 6) is 0. The van der Waals surface area contributed by atoms with E-state index in [9.17, 15) is 8.42 Å². The Kier molecular flexibility index (Phi) is 5.03. The molecule has 1 aromatic heterocycles. The number of sulfonamides is 1. The third-order valence-electron chi connectivity index (χ3n) is 3.70. The Labute approximate surface area is 126 Å². The molecular formula is C13H25N5O2S. The van der Waals surface area contributed by atoms with Gasteiger partial charge in [-0.15, -0.1) is 0 Å². The second kappa shape index (κ2) is 6.43. The van der Waals surface area contributed by atoms with Gasteiger partial charge in [-0.05, 0) is 33.9 Å². The zero-order valence-corrected chi connectivity index (χ0v) is 14.0. The molecule has 0 radical (unpaired) electrons. The molecule has 1 aliphatic carbocycles. The molecule has 0 aliphatic heterocycles. The van der Waals surface area contributed by atoms with Crippen LogP contribution in [0.5, 0.6) is 0 Å². The van der Waals surface area contributed by atoms with Gasteiger partial charge in [0.2, 0.25) is 0 Å². The SMILES string of the molecule is Cc1[nH]nc(S(=O)(=O)N(C)CCN(C)C)c1CNC1CC1. The average molecular weight is 315 g/mol. The van der Waals surface area contributed by atoms with E-state index in [-0.39, 0.29) is 5.03 Å². The van der Waals surface area contributed by atoms with Crippen molar-refractivity contribution in [3.63, 3.8) is 0 Å². The summed E-state index contributed by atoms with van der Waals surface area (Å²) in [6, 6.07) is 0.529. The number of aryl methyl sites for hydroxylation is 1. The molecule has 1 fully saturated rings. The maximum absolute atomic E-state index is 12.6. The lowest BCUT2D eigenvalue weighted by Crippen LogP contribution is -2.34. The summed E-state index contributed by atoms with van der Waals surface area (Å²) < 4.78 is 26.6. The zero-order chi connectivity index (χ0) is 15.6. The van der Waals surface area contributed by atoms with Crippen molar-refractivity contribution in [2.45, 2.75) is 37.4 Å². The monoisotopic (exact) mass is 315 g/mol. The lowest BCUT2D eigenvalue weighted by Gasteiger charge is -2.19. The van der Waals surface area contributed by atoms with Crippen molar-refractivity contribution in [3.8, 4) is 0 Å². The van der Waals surface area contributed by atoms with Gasteiger partial charge in [-0.1, -0.05) is 0 Å². The predicted molar refractivity (Wildman–Crippen MR) is 81.6 cm³/mol. The van der Waals surface area contributed by atoms with Crippen LogP contribution in [-0.2, 0) is 16.6 Å². The molecule has 21 heavy (non-hydrogen) atoms. The topological polar surface area (TPSA) is 81.3 Å². The largest absolute Gasteiger partial charge is 0.310 e. The van der Waals surface area contributed by atoms with E-state index in [4.69, 9.17) is 0 Å². The normalized spacial score (nSPS) is 16.1. The van der Waals surface area contributed by atoms with E-state index in [1.165, 1.54) is 17.1 Å². The van der Waals surface area contributed by atoms with Crippen molar-refractivity contribution in [2.75, 3.05) is 34.2 Å². The van der Waals surface area contributed by atoms with Gasteiger partial charge in [0.15, 0.2) is 5.03 Å². The number of aromatic nitrogens is 2. The smallest absolute Gasteiger partial charge is 0.262 e. The van der Waals surface area contributed by atoms with E-state index in [0.717, 1.165) is 11.3 Å². The molecule has 1 heterocycles. The van der Waals surface area contributed by atoms with Crippen LogP contribution in [0.15, 0.2) is 5.03 Å². The van der Waals surface area contributed by atoms with Crippen LogP contribution in [0.1, 0.15) is 24.1 Å². The Morgan fingerprint density at radius 2 is 1.95 bits per heavy atom. The van der Waals surface area contributed by atoms with Gasteiger partial charge in [0, 0.05) is 44.0 Å². The van der Waals surface area contributed by atoms with Crippen molar-refractivity contribution >= 4 is 10.0 Å². The molecule has 1 aliphatic rings. The Bertz CT molecular complexity index is 577. The van der Waals surface area contributed by atoms with Crippen LogP contribution in [0.25, 0.3) is 0 Å². The van der Waals surface area contributed by atoms with E-state index in [2.05, 4.69) is 15.5 Å². The standard InChI is InChI=1S/C13H25N5O2S/c1-10-12(9-14-11-5-6-11)13(16-15-10)21(19,20)18(4)8-7-17(2)3/h11,14H,5-9H2,1-4H3,(H,15,16). The Balaban J connectivity index is 2.14.